The number of benzene rings is 1. The van der Waals surface area contributed by atoms with Gasteiger partial charge in [0.2, 0.25) is 0 Å². The SMILES string of the molecule is NCC(O)(C(=O)O)c1ccc(Br)cc1. The van der Waals surface area contributed by atoms with Gasteiger partial charge in [-0.15, -0.1) is 0 Å². The fourth-order valence-electron chi connectivity index (χ4n) is 1.05. The molecule has 76 valence electrons. The van der Waals surface area contributed by atoms with E-state index in [0.717, 1.165) is 4.47 Å². The van der Waals surface area contributed by atoms with Gasteiger partial charge in [-0.1, -0.05) is 28.1 Å². The van der Waals surface area contributed by atoms with Gasteiger partial charge in [-0.25, -0.2) is 4.79 Å². The second-order valence-corrected chi connectivity index (χ2v) is 3.79. The first-order valence-electron chi connectivity index (χ1n) is 3.92. The van der Waals surface area contributed by atoms with Gasteiger partial charge in [0, 0.05) is 11.0 Å². The molecule has 0 aromatic heterocycles. The second kappa shape index (κ2) is 4.08. The van der Waals surface area contributed by atoms with Crippen LogP contribution in [0.3, 0.4) is 0 Å². The Balaban J connectivity index is 3.13. The normalized spacial score (nSPS) is 14.8. The average molecular weight is 260 g/mol. The van der Waals surface area contributed by atoms with Crippen molar-refractivity contribution in [3.8, 4) is 0 Å². The molecule has 0 saturated carbocycles. The number of aliphatic carboxylic acids is 1. The van der Waals surface area contributed by atoms with Gasteiger partial charge in [-0.3, -0.25) is 0 Å². The predicted octanol–water partition coefficient (Wildman–Crippen LogP) is 0.680. The van der Waals surface area contributed by atoms with Gasteiger partial charge in [0.15, 0.2) is 5.60 Å². The molecule has 0 aliphatic heterocycles. The molecule has 0 radical (unpaired) electrons. The Morgan fingerprint density at radius 3 is 2.29 bits per heavy atom. The van der Waals surface area contributed by atoms with Gasteiger partial charge >= 0.3 is 5.97 Å². The van der Waals surface area contributed by atoms with Crippen LogP contribution in [0.5, 0.6) is 0 Å². The molecule has 1 atom stereocenters. The quantitative estimate of drug-likeness (QED) is 0.746. The van der Waals surface area contributed by atoms with E-state index in [-0.39, 0.29) is 12.1 Å². The van der Waals surface area contributed by atoms with Crippen LogP contribution in [0.2, 0.25) is 0 Å². The topological polar surface area (TPSA) is 83.5 Å². The van der Waals surface area contributed by atoms with E-state index < -0.39 is 11.6 Å². The Bertz CT molecular complexity index is 338. The highest BCUT2D eigenvalue weighted by Crippen LogP contribution is 2.22. The van der Waals surface area contributed by atoms with Gasteiger partial charge in [0.1, 0.15) is 0 Å². The Labute approximate surface area is 89.5 Å². The van der Waals surface area contributed by atoms with E-state index in [9.17, 15) is 9.90 Å². The Morgan fingerprint density at radius 1 is 1.43 bits per heavy atom. The first-order valence-corrected chi connectivity index (χ1v) is 4.72. The zero-order valence-electron chi connectivity index (χ0n) is 7.27. The third kappa shape index (κ3) is 1.95. The number of carboxylic acid groups (broad SMARTS) is 1. The number of hydrogen-bond donors (Lipinski definition) is 3. The lowest BCUT2D eigenvalue weighted by atomic mass is 9.94. The number of carboxylic acids is 1. The van der Waals surface area contributed by atoms with Crippen molar-refractivity contribution in [2.75, 3.05) is 6.54 Å². The summed E-state index contributed by atoms with van der Waals surface area (Å²) >= 11 is 3.21. The summed E-state index contributed by atoms with van der Waals surface area (Å²) in [5, 5.41) is 18.5. The number of nitrogens with two attached hydrogens (primary N) is 1. The minimum absolute atomic E-state index is 0.274. The van der Waals surface area contributed by atoms with Crippen LogP contribution in [-0.4, -0.2) is 22.7 Å². The molecule has 1 aromatic carbocycles. The average Bonchev–Trinajstić information content (AvgIpc) is 2.17. The lowest BCUT2D eigenvalue weighted by molar-refractivity contribution is -0.158. The molecule has 4 N–H and O–H groups in total. The molecule has 5 heteroatoms. The molecule has 0 aliphatic rings. The van der Waals surface area contributed by atoms with Crippen LogP contribution in [0.15, 0.2) is 28.7 Å². The van der Waals surface area contributed by atoms with Crippen LogP contribution < -0.4 is 5.73 Å². The maximum atomic E-state index is 10.8. The molecule has 1 rings (SSSR count). The van der Waals surface area contributed by atoms with Crippen molar-refractivity contribution >= 4 is 21.9 Å². The van der Waals surface area contributed by atoms with E-state index >= 15 is 0 Å². The van der Waals surface area contributed by atoms with E-state index in [0.29, 0.717) is 0 Å². The summed E-state index contributed by atoms with van der Waals surface area (Å²) in [7, 11) is 0. The van der Waals surface area contributed by atoms with E-state index in [2.05, 4.69) is 15.9 Å². The van der Waals surface area contributed by atoms with Crippen LogP contribution in [-0.2, 0) is 10.4 Å². The maximum absolute atomic E-state index is 10.8. The summed E-state index contributed by atoms with van der Waals surface area (Å²) in [5.41, 5.74) is 3.51. The molecule has 4 nitrogen and oxygen atoms in total. The zero-order valence-corrected chi connectivity index (χ0v) is 8.86. The monoisotopic (exact) mass is 259 g/mol. The van der Waals surface area contributed by atoms with Gasteiger partial charge in [0.05, 0.1) is 0 Å². The van der Waals surface area contributed by atoms with Gasteiger partial charge in [0.25, 0.3) is 0 Å². The predicted molar refractivity (Wildman–Crippen MR) is 54.7 cm³/mol. The summed E-state index contributed by atoms with van der Waals surface area (Å²) < 4.78 is 0.811. The number of rotatable bonds is 3. The van der Waals surface area contributed by atoms with Crippen molar-refractivity contribution in [2.45, 2.75) is 5.60 Å². The zero-order chi connectivity index (χ0) is 10.8. The molecule has 0 saturated heterocycles. The van der Waals surface area contributed by atoms with Crippen molar-refractivity contribution in [3.63, 3.8) is 0 Å². The molecular weight excluding hydrogens is 250 g/mol. The van der Waals surface area contributed by atoms with Gasteiger partial charge in [-0.2, -0.15) is 0 Å². The highest BCUT2D eigenvalue weighted by Gasteiger charge is 2.36. The molecule has 0 fully saturated rings. The molecule has 0 bridgehead atoms. The van der Waals surface area contributed by atoms with Crippen LogP contribution in [0.25, 0.3) is 0 Å². The summed E-state index contributed by atoms with van der Waals surface area (Å²) in [6.45, 7) is -0.357. The van der Waals surface area contributed by atoms with E-state index in [1.54, 1.807) is 12.1 Å². The molecule has 1 unspecified atom stereocenters. The molecular formula is C9H10BrNO3. The molecule has 0 heterocycles. The highest BCUT2D eigenvalue weighted by atomic mass is 79.9. The number of aliphatic hydroxyl groups is 1. The van der Waals surface area contributed by atoms with Crippen molar-refractivity contribution in [1.29, 1.82) is 0 Å². The molecule has 0 spiro atoms. The maximum Gasteiger partial charge on any atom is 0.341 e. The molecule has 1 aromatic rings. The van der Waals surface area contributed by atoms with Crippen molar-refractivity contribution in [2.24, 2.45) is 5.73 Å². The molecule has 0 aliphatic carbocycles. The number of carbonyl (C=O) groups is 1. The first-order chi connectivity index (χ1) is 6.50. The molecule has 0 amide bonds. The van der Waals surface area contributed by atoms with E-state index in [1.165, 1.54) is 12.1 Å². The lowest BCUT2D eigenvalue weighted by Crippen LogP contribution is -2.42. The van der Waals surface area contributed by atoms with E-state index in [4.69, 9.17) is 10.8 Å². The largest absolute Gasteiger partial charge is 0.479 e. The smallest absolute Gasteiger partial charge is 0.341 e. The van der Waals surface area contributed by atoms with Crippen molar-refractivity contribution in [1.82, 2.24) is 0 Å². The summed E-state index contributed by atoms with van der Waals surface area (Å²) in [6, 6.07) is 6.34. The van der Waals surface area contributed by atoms with Crippen LogP contribution >= 0.6 is 15.9 Å². The third-order valence-electron chi connectivity index (χ3n) is 1.97. The fraction of sp³-hybridized carbons (Fsp3) is 0.222. The Hall–Kier alpha value is -0.910. The standard InChI is InChI=1S/C9H10BrNO3/c10-7-3-1-6(2-4-7)9(14,5-11)8(12)13/h1-4,14H,5,11H2,(H,12,13). The third-order valence-corrected chi connectivity index (χ3v) is 2.50. The number of halogens is 1. The van der Waals surface area contributed by atoms with Crippen LogP contribution in [0.4, 0.5) is 0 Å². The van der Waals surface area contributed by atoms with Crippen LogP contribution in [0.1, 0.15) is 5.56 Å². The first kappa shape index (κ1) is 11.2. The Kier molecular flexibility index (Phi) is 3.25. The molecule has 14 heavy (non-hydrogen) atoms. The van der Waals surface area contributed by atoms with Crippen molar-refractivity contribution < 1.29 is 15.0 Å². The fourth-order valence-corrected chi connectivity index (χ4v) is 1.32. The second-order valence-electron chi connectivity index (χ2n) is 2.88. The van der Waals surface area contributed by atoms with Gasteiger partial charge in [-0.05, 0) is 17.7 Å². The summed E-state index contributed by atoms with van der Waals surface area (Å²) in [4.78, 5) is 10.8. The van der Waals surface area contributed by atoms with Gasteiger partial charge < -0.3 is 15.9 Å². The summed E-state index contributed by atoms with van der Waals surface area (Å²) in [6.07, 6.45) is 0. The van der Waals surface area contributed by atoms with Crippen molar-refractivity contribution in [3.05, 3.63) is 34.3 Å². The van der Waals surface area contributed by atoms with E-state index in [1.807, 2.05) is 0 Å². The summed E-state index contributed by atoms with van der Waals surface area (Å²) in [5.74, 6) is -1.35. The van der Waals surface area contributed by atoms with Crippen LogP contribution in [0, 0.1) is 0 Å². The highest BCUT2D eigenvalue weighted by molar-refractivity contribution is 9.10. The minimum Gasteiger partial charge on any atom is -0.479 e. The lowest BCUT2D eigenvalue weighted by Gasteiger charge is -2.21. The Morgan fingerprint density at radius 2 is 1.93 bits per heavy atom. The number of hydrogen-bond acceptors (Lipinski definition) is 3. The minimum atomic E-state index is -2.00.